The van der Waals surface area contributed by atoms with Crippen molar-refractivity contribution >= 4 is 17.3 Å². The van der Waals surface area contributed by atoms with Gasteiger partial charge < -0.3 is 25.4 Å². The first kappa shape index (κ1) is 21.6. The molecule has 3 aromatic rings. The zero-order chi connectivity index (χ0) is 22.5. The van der Waals surface area contributed by atoms with Crippen LogP contribution in [-0.2, 0) is 4.79 Å². The van der Waals surface area contributed by atoms with E-state index >= 15 is 0 Å². The van der Waals surface area contributed by atoms with E-state index in [1.165, 1.54) is 5.56 Å². The van der Waals surface area contributed by atoms with Gasteiger partial charge in [0.25, 0.3) is 0 Å². The van der Waals surface area contributed by atoms with Crippen molar-refractivity contribution < 1.29 is 14.3 Å². The summed E-state index contributed by atoms with van der Waals surface area (Å²) >= 11 is 0. The molecule has 0 saturated heterocycles. The zero-order valence-corrected chi connectivity index (χ0v) is 18.6. The Kier molecular flexibility index (Phi) is 6.50. The molecule has 0 radical (unpaired) electrons. The molecule has 0 aromatic heterocycles. The molecular weight excluding hydrogens is 402 g/mol. The average Bonchev–Trinajstić information content (AvgIpc) is 2.83. The summed E-state index contributed by atoms with van der Waals surface area (Å²) in [6.45, 7) is 2.07. The number of rotatable bonds is 7. The van der Waals surface area contributed by atoms with E-state index in [1.807, 2.05) is 48.5 Å². The minimum Gasteiger partial charge on any atom is -0.497 e. The second kappa shape index (κ2) is 9.64. The number of fused-ring (bicyclic) bond motifs is 1. The van der Waals surface area contributed by atoms with Crippen molar-refractivity contribution in [2.24, 2.45) is 5.92 Å². The lowest BCUT2D eigenvalue weighted by molar-refractivity contribution is -0.119. The number of carbonyl (C=O) groups is 1. The number of carbonyl (C=O) groups excluding carboxylic acids is 1. The minimum absolute atomic E-state index is 0.0136. The van der Waals surface area contributed by atoms with Gasteiger partial charge in [0.15, 0.2) is 0 Å². The summed E-state index contributed by atoms with van der Waals surface area (Å²) < 4.78 is 10.8. The van der Waals surface area contributed by atoms with E-state index in [0.29, 0.717) is 6.54 Å². The highest BCUT2D eigenvalue weighted by molar-refractivity contribution is 5.73. The maximum Gasteiger partial charge on any atom is 0.216 e. The highest BCUT2D eigenvalue weighted by Crippen LogP contribution is 2.45. The Balaban J connectivity index is 1.78. The maximum absolute atomic E-state index is 11.8. The smallest absolute Gasteiger partial charge is 0.216 e. The largest absolute Gasteiger partial charge is 0.497 e. The third-order valence-corrected chi connectivity index (χ3v) is 5.92. The molecule has 0 bridgehead atoms. The van der Waals surface area contributed by atoms with E-state index in [0.717, 1.165) is 28.4 Å². The van der Waals surface area contributed by atoms with Crippen molar-refractivity contribution in [1.29, 1.82) is 0 Å². The molecule has 1 heterocycles. The molecule has 3 N–H and O–H groups in total. The molecule has 4 rings (SSSR count). The molecule has 3 atom stereocenters. The summed E-state index contributed by atoms with van der Waals surface area (Å²) in [5.41, 5.74) is 4.30. The summed E-state index contributed by atoms with van der Waals surface area (Å²) in [5, 5.41) is 10.5. The van der Waals surface area contributed by atoms with Crippen LogP contribution in [0.15, 0.2) is 72.8 Å². The molecule has 166 valence electrons. The van der Waals surface area contributed by atoms with Crippen molar-refractivity contribution in [1.82, 2.24) is 5.32 Å². The standard InChI is InChI=1S/C26H29N3O3/c1-17(30)27-16-23-25(18-7-5-4-6-8-18)29-24-14-13-21(32-3)15-22(24)26(23)28-19-9-11-20(31-2)12-10-19/h4-15,23,25-26,28-29H,16H2,1-3H3,(H,27,30)/t23-,25+,26+/m0/s1. The third kappa shape index (κ3) is 4.64. The van der Waals surface area contributed by atoms with Crippen LogP contribution in [0.3, 0.4) is 0 Å². The van der Waals surface area contributed by atoms with Crippen LogP contribution in [0.25, 0.3) is 0 Å². The number of anilines is 2. The highest BCUT2D eigenvalue weighted by Gasteiger charge is 2.38. The molecule has 3 aromatic carbocycles. The predicted octanol–water partition coefficient (Wildman–Crippen LogP) is 4.78. The molecule has 6 heteroatoms. The van der Waals surface area contributed by atoms with E-state index in [9.17, 15) is 4.79 Å². The monoisotopic (exact) mass is 431 g/mol. The minimum atomic E-state index is -0.0631. The van der Waals surface area contributed by atoms with Crippen molar-refractivity contribution in [3.63, 3.8) is 0 Å². The average molecular weight is 432 g/mol. The van der Waals surface area contributed by atoms with Gasteiger partial charge in [-0.15, -0.1) is 0 Å². The van der Waals surface area contributed by atoms with Crippen molar-refractivity contribution in [2.75, 3.05) is 31.4 Å². The van der Waals surface area contributed by atoms with Gasteiger partial charge in [0, 0.05) is 36.3 Å². The Labute approximate surface area is 188 Å². The van der Waals surface area contributed by atoms with Crippen LogP contribution in [0.5, 0.6) is 11.5 Å². The van der Waals surface area contributed by atoms with E-state index in [1.54, 1.807) is 21.1 Å². The topological polar surface area (TPSA) is 71.6 Å². The van der Waals surface area contributed by atoms with Gasteiger partial charge in [0.05, 0.1) is 26.3 Å². The number of ether oxygens (including phenoxy) is 2. The number of hydrogen-bond acceptors (Lipinski definition) is 5. The van der Waals surface area contributed by atoms with Crippen molar-refractivity contribution in [3.05, 3.63) is 83.9 Å². The lowest BCUT2D eigenvalue weighted by Crippen LogP contribution is -2.42. The van der Waals surface area contributed by atoms with Gasteiger partial charge in [0.2, 0.25) is 5.91 Å². The normalized spacial score (nSPS) is 19.3. The summed E-state index contributed by atoms with van der Waals surface area (Å²) in [6.07, 6.45) is 0. The molecule has 1 amide bonds. The Morgan fingerprint density at radius 2 is 1.62 bits per heavy atom. The molecule has 6 nitrogen and oxygen atoms in total. The molecule has 1 aliphatic rings. The number of amides is 1. The van der Waals surface area contributed by atoms with Gasteiger partial charge in [-0.1, -0.05) is 30.3 Å². The molecular formula is C26H29N3O3. The van der Waals surface area contributed by atoms with Crippen LogP contribution in [0.2, 0.25) is 0 Å². The van der Waals surface area contributed by atoms with Crippen molar-refractivity contribution in [3.8, 4) is 11.5 Å². The predicted molar refractivity (Wildman–Crippen MR) is 127 cm³/mol. The number of methoxy groups -OCH3 is 2. The lowest BCUT2D eigenvalue weighted by Gasteiger charge is -2.42. The van der Waals surface area contributed by atoms with Gasteiger partial charge >= 0.3 is 0 Å². The molecule has 32 heavy (non-hydrogen) atoms. The SMILES string of the molecule is COc1ccc(N[C@@H]2c3cc(OC)ccc3N[C@H](c3ccccc3)[C@@H]2CNC(C)=O)cc1. The molecule has 1 aliphatic heterocycles. The zero-order valence-electron chi connectivity index (χ0n) is 18.6. The van der Waals surface area contributed by atoms with Crippen LogP contribution >= 0.6 is 0 Å². The van der Waals surface area contributed by atoms with Gasteiger partial charge in [-0.3, -0.25) is 4.79 Å². The molecule has 0 spiro atoms. The van der Waals surface area contributed by atoms with Crippen LogP contribution in [0.1, 0.15) is 30.1 Å². The summed E-state index contributed by atoms with van der Waals surface area (Å²) in [6, 6.07) is 24.3. The Morgan fingerprint density at radius 3 is 2.28 bits per heavy atom. The molecule has 0 unspecified atom stereocenters. The first-order chi connectivity index (χ1) is 15.6. The molecule has 0 aliphatic carbocycles. The van der Waals surface area contributed by atoms with Gasteiger partial charge in [-0.05, 0) is 48.0 Å². The Hall–Kier alpha value is -3.67. The number of benzene rings is 3. The second-order valence-corrected chi connectivity index (χ2v) is 7.94. The van der Waals surface area contributed by atoms with Gasteiger partial charge in [0.1, 0.15) is 11.5 Å². The quantitative estimate of drug-likeness (QED) is 0.502. The van der Waals surface area contributed by atoms with Gasteiger partial charge in [-0.25, -0.2) is 0 Å². The van der Waals surface area contributed by atoms with E-state index < -0.39 is 0 Å². The lowest BCUT2D eigenvalue weighted by atomic mass is 9.79. The van der Waals surface area contributed by atoms with Crippen molar-refractivity contribution in [2.45, 2.75) is 19.0 Å². The van der Waals surface area contributed by atoms with E-state index in [4.69, 9.17) is 9.47 Å². The van der Waals surface area contributed by atoms with E-state index in [-0.39, 0.29) is 23.9 Å². The van der Waals surface area contributed by atoms with E-state index in [2.05, 4.69) is 40.2 Å². The fraction of sp³-hybridized carbons (Fsp3) is 0.269. The first-order valence-electron chi connectivity index (χ1n) is 10.7. The summed E-state index contributed by atoms with van der Waals surface area (Å²) in [4.78, 5) is 11.8. The molecule has 0 saturated carbocycles. The fourth-order valence-corrected chi connectivity index (χ4v) is 4.29. The number of hydrogen-bond donors (Lipinski definition) is 3. The third-order valence-electron chi connectivity index (χ3n) is 5.92. The van der Waals surface area contributed by atoms with Crippen LogP contribution in [0, 0.1) is 5.92 Å². The van der Waals surface area contributed by atoms with Gasteiger partial charge in [-0.2, -0.15) is 0 Å². The summed E-state index contributed by atoms with van der Waals surface area (Å²) in [5.74, 6) is 1.60. The van der Waals surface area contributed by atoms with Crippen LogP contribution in [-0.4, -0.2) is 26.7 Å². The number of nitrogens with one attached hydrogen (secondary N) is 3. The molecule has 0 fully saturated rings. The first-order valence-corrected chi connectivity index (χ1v) is 10.7. The maximum atomic E-state index is 11.8. The Bertz CT molecular complexity index is 1050. The summed E-state index contributed by atoms with van der Waals surface area (Å²) in [7, 11) is 3.33. The second-order valence-electron chi connectivity index (χ2n) is 7.94. The highest BCUT2D eigenvalue weighted by atomic mass is 16.5. The van der Waals surface area contributed by atoms with Crippen LogP contribution in [0.4, 0.5) is 11.4 Å². The van der Waals surface area contributed by atoms with Crippen LogP contribution < -0.4 is 25.4 Å². The fourth-order valence-electron chi connectivity index (χ4n) is 4.29. The Morgan fingerprint density at radius 1 is 0.938 bits per heavy atom.